The Bertz CT molecular complexity index is 187. The molecule has 1 fully saturated rings. The second kappa shape index (κ2) is 6.53. The Labute approximate surface area is 88.8 Å². The van der Waals surface area contributed by atoms with Crippen LogP contribution in [0.25, 0.3) is 0 Å². The molecule has 0 aromatic rings. The molecule has 0 bridgehead atoms. The molecule has 1 saturated carbocycles. The van der Waals surface area contributed by atoms with E-state index in [4.69, 9.17) is 10.5 Å². The van der Waals surface area contributed by atoms with Crippen LogP contribution in [0.15, 0.2) is 0 Å². The summed E-state index contributed by atoms with van der Waals surface area (Å²) in [5, 5.41) is 0.347. The van der Waals surface area contributed by atoms with E-state index in [1.807, 2.05) is 0 Å². The fraction of sp³-hybridized carbons (Fsp3) is 1.00. The van der Waals surface area contributed by atoms with Gasteiger partial charge >= 0.3 is 0 Å². The first-order valence-electron chi connectivity index (χ1n) is 5.38. The summed E-state index contributed by atoms with van der Waals surface area (Å²) in [5.41, 5.74) is 5.40. The van der Waals surface area contributed by atoms with E-state index in [0.29, 0.717) is 17.9 Å². The van der Waals surface area contributed by atoms with Crippen molar-refractivity contribution in [3.8, 4) is 0 Å². The van der Waals surface area contributed by atoms with Gasteiger partial charge in [0.15, 0.2) is 0 Å². The standard InChI is InChI=1S/C10H21NO2S/c1-13-9-4-2-5-10(8-9)14(12)7-3-6-11/h9-10H,2-8,11H2,1H3. The van der Waals surface area contributed by atoms with Crippen molar-refractivity contribution in [3.05, 3.63) is 0 Å². The van der Waals surface area contributed by atoms with Crippen LogP contribution < -0.4 is 5.73 Å². The van der Waals surface area contributed by atoms with Crippen molar-refractivity contribution >= 4 is 10.8 Å². The quantitative estimate of drug-likeness (QED) is 0.751. The minimum absolute atomic E-state index is 0.329. The molecule has 0 aromatic heterocycles. The first-order valence-corrected chi connectivity index (χ1v) is 6.76. The van der Waals surface area contributed by atoms with Gasteiger partial charge in [-0.1, -0.05) is 0 Å². The Morgan fingerprint density at radius 3 is 2.93 bits per heavy atom. The molecule has 2 N–H and O–H groups in total. The molecule has 0 aliphatic heterocycles. The highest BCUT2D eigenvalue weighted by atomic mass is 32.2. The zero-order valence-electron chi connectivity index (χ0n) is 8.91. The second-order valence-corrected chi connectivity index (χ2v) is 5.71. The lowest BCUT2D eigenvalue weighted by molar-refractivity contribution is 0.0725. The summed E-state index contributed by atoms with van der Waals surface area (Å²) in [6.45, 7) is 0.645. The normalized spacial score (nSPS) is 30.1. The Hall–Kier alpha value is 0.0700. The minimum atomic E-state index is -0.689. The van der Waals surface area contributed by atoms with Gasteiger partial charge in [-0.3, -0.25) is 4.21 Å². The number of rotatable bonds is 5. The maximum Gasteiger partial charge on any atom is 0.0582 e. The molecule has 0 saturated heterocycles. The molecule has 1 aliphatic carbocycles. The van der Waals surface area contributed by atoms with E-state index >= 15 is 0 Å². The maximum atomic E-state index is 11.8. The van der Waals surface area contributed by atoms with E-state index in [2.05, 4.69) is 0 Å². The predicted molar refractivity (Wildman–Crippen MR) is 59.7 cm³/mol. The van der Waals surface area contributed by atoms with Crippen molar-refractivity contribution in [2.24, 2.45) is 5.73 Å². The number of ether oxygens (including phenoxy) is 1. The van der Waals surface area contributed by atoms with E-state index in [-0.39, 0.29) is 0 Å². The molecule has 3 unspecified atom stereocenters. The van der Waals surface area contributed by atoms with Gasteiger partial charge in [0.1, 0.15) is 0 Å². The molecule has 0 radical (unpaired) electrons. The zero-order valence-corrected chi connectivity index (χ0v) is 9.72. The highest BCUT2D eigenvalue weighted by molar-refractivity contribution is 7.85. The largest absolute Gasteiger partial charge is 0.381 e. The number of methoxy groups -OCH3 is 1. The molecule has 3 nitrogen and oxygen atoms in total. The van der Waals surface area contributed by atoms with Gasteiger partial charge in [-0.15, -0.1) is 0 Å². The van der Waals surface area contributed by atoms with Crippen LogP contribution in [-0.2, 0) is 15.5 Å². The van der Waals surface area contributed by atoms with Crippen LogP contribution >= 0.6 is 0 Å². The SMILES string of the molecule is COC1CCCC(S(=O)CCCN)C1. The molecular formula is C10H21NO2S. The Morgan fingerprint density at radius 2 is 2.29 bits per heavy atom. The third-order valence-corrected chi connectivity index (χ3v) is 4.70. The molecule has 1 rings (SSSR count). The fourth-order valence-corrected chi connectivity index (χ4v) is 3.59. The Kier molecular flexibility index (Phi) is 5.67. The Balaban J connectivity index is 2.31. The maximum absolute atomic E-state index is 11.8. The van der Waals surface area contributed by atoms with Crippen molar-refractivity contribution in [2.45, 2.75) is 43.5 Å². The van der Waals surface area contributed by atoms with E-state index < -0.39 is 10.8 Å². The number of hydrogen-bond acceptors (Lipinski definition) is 3. The number of hydrogen-bond donors (Lipinski definition) is 1. The first kappa shape index (κ1) is 12.1. The minimum Gasteiger partial charge on any atom is -0.381 e. The van der Waals surface area contributed by atoms with Gasteiger partial charge in [0.05, 0.1) is 6.10 Å². The first-order chi connectivity index (χ1) is 6.77. The molecule has 0 amide bonds. The van der Waals surface area contributed by atoms with Crippen molar-refractivity contribution in [3.63, 3.8) is 0 Å². The Morgan fingerprint density at radius 1 is 1.50 bits per heavy atom. The highest BCUT2D eigenvalue weighted by Crippen LogP contribution is 2.24. The van der Waals surface area contributed by atoms with Crippen molar-refractivity contribution in [1.82, 2.24) is 0 Å². The van der Waals surface area contributed by atoms with Crippen molar-refractivity contribution in [2.75, 3.05) is 19.4 Å². The summed E-state index contributed by atoms with van der Waals surface area (Å²) in [7, 11) is 1.06. The third-order valence-electron chi connectivity index (χ3n) is 2.83. The smallest absolute Gasteiger partial charge is 0.0582 e. The van der Waals surface area contributed by atoms with Crippen LogP contribution in [0.2, 0.25) is 0 Å². The zero-order chi connectivity index (χ0) is 10.4. The van der Waals surface area contributed by atoms with Gasteiger partial charge < -0.3 is 10.5 Å². The average molecular weight is 219 g/mol. The van der Waals surface area contributed by atoms with Crippen LogP contribution in [-0.4, -0.2) is 35.0 Å². The molecule has 0 aromatic carbocycles. The molecule has 4 heteroatoms. The van der Waals surface area contributed by atoms with E-state index in [9.17, 15) is 4.21 Å². The third kappa shape index (κ3) is 3.67. The van der Waals surface area contributed by atoms with Crippen LogP contribution in [0, 0.1) is 0 Å². The van der Waals surface area contributed by atoms with Gasteiger partial charge in [0.25, 0.3) is 0 Å². The van der Waals surface area contributed by atoms with E-state index in [1.54, 1.807) is 7.11 Å². The van der Waals surface area contributed by atoms with Crippen molar-refractivity contribution < 1.29 is 8.95 Å². The predicted octanol–water partition coefficient (Wildman–Crippen LogP) is 1.04. The van der Waals surface area contributed by atoms with Crippen LogP contribution in [0.4, 0.5) is 0 Å². The summed E-state index contributed by atoms with van der Waals surface area (Å²) in [4.78, 5) is 0. The fourth-order valence-electron chi connectivity index (χ4n) is 1.95. The lowest BCUT2D eigenvalue weighted by Crippen LogP contribution is -2.30. The monoisotopic (exact) mass is 219 g/mol. The molecule has 0 spiro atoms. The molecule has 14 heavy (non-hydrogen) atoms. The summed E-state index contributed by atoms with van der Waals surface area (Å²) in [6, 6.07) is 0. The average Bonchev–Trinajstić information content (AvgIpc) is 2.26. The van der Waals surface area contributed by atoms with Gasteiger partial charge in [-0.2, -0.15) is 0 Å². The summed E-state index contributed by atoms with van der Waals surface area (Å²) >= 11 is 0. The van der Waals surface area contributed by atoms with Gasteiger partial charge in [0.2, 0.25) is 0 Å². The summed E-state index contributed by atoms with van der Waals surface area (Å²) in [5.74, 6) is 0.762. The molecule has 0 heterocycles. The number of nitrogens with two attached hydrogens (primary N) is 1. The molecule has 1 aliphatic rings. The van der Waals surface area contributed by atoms with Crippen LogP contribution in [0.5, 0.6) is 0 Å². The molecule has 84 valence electrons. The second-order valence-electron chi connectivity index (χ2n) is 3.87. The van der Waals surface area contributed by atoms with Gasteiger partial charge in [-0.05, 0) is 38.6 Å². The topological polar surface area (TPSA) is 52.3 Å². The lowest BCUT2D eigenvalue weighted by atomic mass is 9.97. The van der Waals surface area contributed by atoms with Crippen LogP contribution in [0.3, 0.4) is 0 Å². The van der Waals surface area contributed by atoms with Gasteiger partial charge in [-0.25, -0.2) is 0 Å². The highest BCUT2D eigenvalue weighted by Gasteiger charge is 2.25. The van der Waals surface area contributed by atoms with Gasteiger partial charge in [0, 0.05) is 28.9 Å². The lowest BCUT2D eigenvalue weighted by Gasteiger charge is -2.27. The van der Waals surface area contributed by atoms with E-state index in [1.165, 1.54) is 0 Å². The van der Waals surface area contributed by atoms with Crippen molar-refractivity contribution in [1.29, 1.82) is 0 Å². The summed E-state index contributed by atoms with van der Waals surface area (Å²) < 4.78 is 17.1. The van der Waals surface area contributed by atoms with E-state index in [0.717, 1.165) is 37.9 Å². The molecule has 3 atom stereocenters. The summed E-state index contributed by atoms with van der Waals surface area (Å²) in [6.07, 6.45) is 5.54. The van der Waals surface area contributed by atoms with Crippen LogP contribution in [0.1, 0.15) is 32.1 Å². The molecular weight excluding hydrogens is 198 g/mol.